The average molecular weight is 230 g/mol. The summed E-state index contributed by atoms with van der Waals surface area (Å²) in [5.74, 6) is -5.91. The Morgan fingerprint density at radius 3 is 1.57 bits per heavy atom. The molecule has 1 heterocycles. The third-order valence-corrected chi connectivity index (χ3v) is 1.75. The van der Waals surface area contributed by atoms with E-state index >= 15 is 0 Å². The minimum Gasteiger partial charge on any atom is -0.277 e. The van der Waals surface area contributed by atoms with Crippen molar-refractivity contribution < 1.29 is 39.9 Å². The first-order chi connectivity index (χ1) is 6.07. The van der Waals surface area contributed by atoms with E-state index in [4.69, 9.17) is 0 Å². The molecule has 0 aromatic rings. The summed E-state index contributed by atoms with van der Waals surface area (Å²) < 4.78 is 99.4. The van der Waals surface area contributed by atoms with Gasteiger partial charge in [0.1, 0.15) is 0 Å². The van der Waals surface area contributed by atoms with Crippen LogP contribution in [0, 0.1) is 0 Å². The molecule has 14 heavy (non-hydrogen) atoms. The summed E-state index contributed by atoms with van der Waals surface area (Å²) in [6, 6.07) is 0. The lowest BCUT2D eigenvalue weighted by atomic mass is 10.0. The van der Waals surface area contributed by atoms with Gasteiger partial charge in [0.15, 0.2) is 0 Å². The van der Waals surface area contributed by atoms with Crippen molar-refractivity contribution in [3.63, 3.8) is 0 Å². The minimum atomic E-state index is -5.91. The smallest absolute Gasteiger partial charge is 0.277 e. The van der Waals surface area contributed by atoms with Crippen LogP contribution in [0.25, 0.3) is 0 Å². The fraction of sp³-hybridized carbons (Fsp3) is 1.00. The zero-order chi connectivity index (χ0) is 11.4. The highest BCUT2D eigenvalue weighted by Crippen LogP contribution is 2.57. The van der Waals surface area contributed by atoms with Crippen molar-refractivity contribution in [2.45, 2.75) is 30.5 Å². The summed E-state index contributed by atoms with van der Waals surface area (Å²) in [5, 5.41) is 0. The predicted molar refractivity (Wildman–Crippen MR) is 25.7 cm³/mol. The van der Waals surface area contributed by atoms with Gasteiger partial charge in [-0.2, -0.15) is 17.6 Å². The van der Waals surface area contributed by atoms with Gasteiger partial charge in [0.25, 0.3) is 18.5 Å². The summed E-state index contributed by atoms with van der Waals surface area (Å²) in [7, 11) is 0. The molecule has 0 saturated carbocycles. The molecule has 0 amide bonds. The number of ether oxygens (including phenoxy) is 1. The maximum absolute atomic E-state index is 12.6. The first kappa shape index (κ1) is 11.5. The molecule has 1 aliphatic heterocycles. The van der Waals surface area contributed by atoms with E-state index in [9.17, 15) is 35.1 Å². The van der Waals surface area contributed by atoms with E-state index in [1.807, 2.05) is 0 Å². The van der Waals surface area contributed by atoms with E-state index in [1.165, 1.54) is 0 Å². The van der Waals surface area contributed by atoms with Crippen molar-refractivity contribution in [2.24, 2.45) is 0 Å². The Hall–Kier alpha value is -0.600. The van der Waals surface area contributed by atoms with Crippen LogP contribution in [0.4, 0.5) is 35.1 Å². The highest BCUT2D eigenvalue weighted by atomic mass is 19.3. The van der Waals surface area contributed by atoms with E-state index in [-0.39, 0.29) is 0 Å². The van der Waals surface area contributed by atoms with Crippen LogP contribution in [0.1, 0.15) is 0 Å². The maximum Gasteiger partial charge on any atom is 0.425 e. The molecule has 9 heteroatoms. The van der Waals surface area contributed by atoms with Crippen LogP contribution in [-0.4, -0.2) is 30.5 Å². The predicted octanol–water partition coefficient (Wildman–Crippen LogP) is 2.51. The molecule has 1 aliphatic rings. The standard InChI is InChI=1S/C5H2F8O/c6-1(7)3(9)2(8)14-5(12,13)4(3,10)11/h1-2H. The quantitative estimate of drug-likeness (QED) is 0.629. The summed E-state index contributed by atoms with van der Waals surface area (Å²) in [6.07, 6.45) is -14.3. The lowest BCUT2D eigenvalue weighted by Crippen LogP contribution is -2.56. The second-order valence-electron chi connectivity index (χ2n) is 2.59. The van der Waals surface area contributed by atoms with E-state index in [0.717, 1.165) is 0 Å². The molecule has 0 aromatic heterocycles. The van der Waals surface area contributed by atoms with Crippen LogP contribution in [0.2, 0.25) is 0 Å². The molecule has 0 aromatic carbocycles. The molecule has 0 bridgehead atoms. The summed E-state index contributed by atoms with van der Waals surface area (Å²) >= 11 is 0. The Morgan fingerprint density at radius 1 is 1.00 bits per heavy atom. The van der Waals surface area contributed by atoms with Crippen molar-refractivity contribution in [1.82, 2.24) is 0 Å². The van der Waals surface area contributed by atoms with Crippen molar-refractivity contribution >= 4 is 0 Å². The largest absolute Gasteiger partial charge is 0.425 e. The Balaban J connectivity index is 3.20. The van der Waals surface area contributed by atoms with Crippen LogP contribution < -0.4 is 0 Å². The third-order valence-electron chi connectivity index (χ3n) is 1.75. The van der Waals surface area contributed by atoms with Gasteiger partial charge < -0.3 is 0 Å². The normalized spacial score (nSPS) is 40.5. The van der Waals surface area contributed by atoms with Crippen LogP contribution in [-0.2, 0) is 4.74 Å². The molecule has 0 aliphatic carbocycles. The molecule has 1 saturated heterocycles. The molecule has 1 rings (SSSR count). The number of halogens is 8. The fourth-order valence-corrected chi connectivity index (χ4v) is 0.891. The average Bonchev–Trinajstić information content (AvgIpc) is 2.10. The first-order valence-electron chi connectivity index (χ1n) is 3.12. The zero-order valence-electron chi connectivity index (χ0n) is 6.09. The molecule has 1 fully saturated rings. The van der Waals surface area contributed by atoms with Gasteiger partial charge in [-0.1, -0.05) is 0 Å². The number of hydrogen-bond donors (Lipinski definition) is 0. The van der Waals surface area contributed by atoms with Crippen LogP contribution in [0.15, 0.2) is 0 Å². The van der Waals surface area contributed by atoms with Crippen molar-refractivity contribution in [1.29, 1.82) is 0 Å². The van der Waals surface area contributed by atoms with E-state index in [0.29, 0.717) is 0 Å². The molecule has 0 spiro atoms. The van der Waals surface area contributed by atoms with Gasteiger partial charge in [0.2, 0.25) is 0 Å². The SMILES string of the molecule is FC(F)C1(F)C(F)OC(F)(F)C1(F)F. The van der Waals surface area contributed by atoms with Gasteiger partial charge in [-0.05, 0) is 0 Å². The van der Waals surface area contributed by atoms with Gasteiger partial charge in [0, 0.05) is 0 Å². The van der Waals surface area contributed by atoms with Crippen molar-refractivity contribution in [2.75, 3.05) is 0 Å². The molecular formula is C5H2F8O. The summed E-state index contributed by atoms with van der Waals surface area (Å²) in [5.41, 5.74) is -5.32. The Bertz CT molecular complexity index is 240. The van der Waals surface area contributed by atoms with E-state index in [1.54, 1.807) is 0 Å². The minimum absolute atomic E-state index is 2.54. The molecule has 2 unspecified atom stereocenters. The topological polar surface area (TPSA) is 9.23 Å². The number of alkyl halides is 8. The summed E-state index contributed by atoms with van der Waals surface area (Å²) in [4.78, 5) is 0. The van der Waals surface area contributed by atoms with Crippen LogP contribution >= 0.6 is 0 Å². The maximum atomic E-state index is 12.6. The summed E-state index contributed by atoms with van der Waals surface area (Å²) in [6.45, 7) is 0. The lowest BCUT2D eigenvalue weighted by Gasteiger charge is -2.25. The Kier molecular flexibility index (Phi) is 2.22. The molecular weight excluding hydrogens is 228 g/mol. The number of hydrogen-bond acceptors (Lipinski definition) is 1. The third kappa shape index (κ3) is 1.04. The van der Waals surface area contributed by atoms with Gasteiger partial charge in [-0.25, -0.2) is 17.6 Å². The van der Waals surface area contributed by atoms with Gasteiger partial charge >= 0.3 is 12.0 Å². The Morgan fingerprint density at radius 2 is 1.43 bits per heavy atom. The highest BCUT2D eigenvalue weighted by molar-refractivity contribution is 5.08. The van der Waals surface area contributed by atoms with Crippen LogP contribution in [0.5, 0.6) is 0 Å². The molecule has 0 radical (unpaired) electrons. The first-order valence-corrected chi connectivity index (χ1v) is 3.12. The second kappa shape index (κ2) is 2.71. The Labute approximate surface area is 71.6 Å². The molecule has 84 valence electrons. The second-order valence-corrected chi connectivity index (χ2v) is 2.59. The number of rotatable bonds is 1. The van der Waals surface area contributed by atoms with Gasteiger partial charge in [-0.15, -0.1) is 0 Å². The zero-order valence-corrected chi connectivity index (χ0v) is 6.09. The van der Waals surface area contributed by atoms with Gasteiger partial charge in [0.05, 0.1) is 0 Å². The monoisotopic (exact) mass is 230 g/mol. The molecule has 2 atom stereocenters. The van der Waals surface area contributed by atoms with E-state index in [2.05, 4.69) is 4.74 Å². The van der Waals surface area contributed by atoms with Crippen molar-refractivity contribution in [3.8, 4) is 0 Å². The molecule has 0 N–H and O–H groups in total. The van der Waals surface area contributed by atoms with E-state index < -0.39 is 30.5 Å². The van der Waals surface area contributed by atoms with Crippen LogP contribution in [0.3, 0.4) is 0 Å². The van der Waals surface area contributed by atoms with Gasteiger partial charge in [-0.3, -0.25) is 4.74 Å². The highest BCUT2D eigenvalue weighted by Gasteiger charge is 2.85. The van der Waals surface area contributed by atoms with Crippen molar-refractivity contribution in [3.05, 3.63) is 0 Å². The lowest BCUT2D eigenvalue weighted by molar-refractivity contribution is -0.326. The fourth-order valence-electron chi connectivity index (χ4n) is 0.891. The molecule has 1 nitrogen and oxygen atoms in total.